The number of anilines is 2. The van der Waals surface area contributed by atoms with Crippen molar-refractivity contribution in [1.29, 1.82) is 0 Å². The molecule has 9 heteroatoms. The molecular weight excluding hydrogens is 466 g/mol. The van der Waals surface area contributed by atoms with Crippen molar-refractivity contribution < 1.29 is 23.8 Å². The van der Waals surface area contributed by atoms with Gasteiger partial charge >= 0.3 is 0 Å². The maximum absolute atomic E-state index is 13.5. The van der Waals surface area contributed by atoms with Crippen LogP contribution in [0.15, 0.2) is 72.8 Å². The van der Waals surface area contributed by atoms with Gasteiger partial charge < -0.3 is 24.4 Å². The molecule has 1 atom stereocenters. The Morgan fingerprint density at radius 3 is 2.54 bits per heavy atom. The van der Waals surface area contributed by atoms with Crippen LogP contribution in [0.5, 0.6) is 17.2 Å². The molecular formula is C26H23N3O5S. The highest BCUT2D eigenvalue weighted by atomic mass is 32.1. The van der Waals surface area contributed by atoms with E-state index >= 15 is 0 Å². The molecule has 0 saturated carbocycles. The minimum absolute atomic E-state index is 0.00598. The predicted molar refractivity (Wildman–Crippen MR) is 135 cm³/mol. The molecule has 1 fully saturated rings. The van der Waals surface area contributed by atoms with Gasteiger partial charge in [-0.25, -0.2) is 4.90 Å². The van der Waals surface area contributed by atoms with E-state index in [4.69, 9.17) is 26.4 Å². The number of rotatable bonds is 6. The van der Waals surface area contributed by atoms with E-state index in [1.54, 1.807) is 36.3 Å². The van der Waals surface area contributed by atoms with Crippen LogP contribution in [0.2, 0.25) is 0 Å². The van der Waals surface area contributed by atoms with Gasteiger partial charge in [0.2, 0.25) is 12.7 Å². The zero-order valence-corrected chi connectivity index (χ0v) is 19.8. The number of imide groups is 1. The Kier molecular flexibility index (Phi) is 6.24. The van der Waals surface area contributed by atoms with Crippen LogP contribution in [0.4, 0.5) is 11.4 Å². The lowest BCUT2D eigenvalue weighted by atomic mass is 10.1. The molecule has 0 aliphatic carbocycles. The van der Waals surface area contributed by atoms with E-state index in [0.717, 1.165) is 11.3 Å². The zero-order chi connectivity index (χ0) is 24.4. The van der Waals surface area contributed by atoms with Crippen molar-refractivity contribution in [1.82, 2.24) is 4.90 Å². The van der Waals surface area contributed by atoms with Gasteiger partial charge in [0.1, 0.15) is 11.8 Å². The fourth-order valence-electron chi connectivity index (χ4n) is 4.14. The quantitative estimate of drug-likeness (QED) is 0.412. The summed E-state index contributed by atoms with van der Waals surface area (Å²) in [7, 11) is 1.56. The molecule has 1 N–H and O–H groups in total. The zero-order valence-electron chi connectivity index (χ0n) is 19.0. The van der Waals surface area contributed by atoms with E-state index in [9.17, 15) is 9.59 Å². The van der Waals surface area contributed by atoms with Gasteiger partial charge in [0.05, 0.1) is 19.2 Å². The minimum Gasteiger partial charge on any atom is -0.497 e. The van der Waals surface area contributed by atoms with Crippen LogP contribution in [-0.4, -0.2) is 41.8 Å². The lowest BCUT2D eigenvalue weighted by molar-refractivity contribution is -0.122. The molecule has 8 nitrogen and oxygen atoms in total. The third-order valence-corrected chi connectivity index (χ3v) is 6.24. The van der Waals surface area contributed by atoms with E-state index in [-0.39, 0.29) is 25.0 Å². The number of hydrogen-bond acceptors (Lipinski definition) is 6. The number of ether oxygens (including phenoxy) is 3. The van der Waals surface area contributed by atoms with Crippen molar-refractivity contribution in [3.05, 3.63) is 78.4 Å². The summed E-state index contributed by atoms with van der Waals surface area (Å²) in [6, 6.07) is 21.1. The van der Waals surface area contributed by atoms with E-state index in [0.29, 0.717) is 34.6 Å². The second kappa shape index (κ2) is 9.63. The standard InChI is InChI=1S/C26H23N3O5S/c1-32-20-10-8-19(9-11-20)29-24(30)14-21(25(29)31)28(26(35)27-18-5-3-2-4-6-18)15-17-7-12-22-23(13-17)34-16-33-22/h2-13,21H,14-16H2,1H3,(H,27,35). The van der Waals surface area contributed by atoms with Crippen LogP contribution in [0, 0.1) is 0 Å². The number of methoxy groups -OCH3 is 1. The molecule has 3 aromatic rings. The third-order valence-electron chi connectivity index (χ3n) is 5.91. The second-order valence-electron chi connectivity index (χ2n) is 8.10. The number of amides is 2. The van der Waals surface area contributed by atoms with Crippen molar-refractivity contribution in [2.75, 3.05) is 24.1 Å². The molecule has 2 aliphatic heterocycles. The number of carbonyl (C=O) groups excluding carboxylic acids is 2. The summed E-state index contributed by atoms with van der Waals surface area (Å²) in [5.41, 5.74) is 2.15. The van der Waals surface area contributed by atoms with E-state index < -0.39 is 6.04 Å². The van der Waals surface area contributed by atoms with Gasteiger partial charge in [-0.3, -0.25) is 9.59 Å². The lowest BCUT2D eigenvalue weighted by Crippen LogP contribution is -2.46. The molecule has 5 rings (SSSR count). The number of fused-ring (bicyclic) bond motifs is 1. The minimum atomic E-state index is -0.765. The summed E-state index contributed by atoms with van der Waals surface area (Å²) in [5.74, 6) is 1.32. The van der Waals surface area contributed by atoms with Crippen LogP contribution in [0.25, 0.3) is 0 Å². The normalized spacial score (nSPS) is 16.4. The van der Waals surface area contributed by atoms with Crippen molar-refractivity contribution in [3.63, 3.8) is 0 Å². The predicted octanol–water partition coefficient (Wildman–Crippen LogP) is 3.96. The monoisotopic (exact) mass is 489 g/mol. The molecule has 1 saturated heterocycles. The van der Waals surface area contributed by atoms with Gasteiger partial charge in [-0.1, -0.05) is 24.3 Å². The molecule has 0 bridgehead atoms. The second-order valence-corrected chi connectivity index (χ2v) is 8.48. The molecule has 3 aromatic carbocycles. The molecule has 2 aliphatic rings. The summed E-state index contributed by atoms with van der Waals surface area (Å²) >= 11 is 5.73. The van der Waals surface area contributed by atoms with Crippen molar-refractivity contribution in [3.8, 4) is 17.2 Å². The summed E-state index contributed by atoms with van der Waals surface area (Å²) in [4.78, 5) is 29.5. The van der Waals surface area contributed by atoms with Crippen molar-refractivity contribution in [2.24, 2.45) is 0 Å². The third kappa shape index (κ3) is 4.63. The molecule has 178 valence electrons. The van der Waals surface area contributed by atoms with Gasteiger partial charge in [-0.05, 0) is 66.3 Å². The van der Waals surface area contributed by atoms with Gasteiger partial charge in [-0.2, -0.15) is 0 Å². The summed E-state index contributed by atoms with van der Waals surface area (Å²) in [6.07, 6.45) is 0.00598. The highest BCUT2D eigenvalue weighted by Gasteiger charge is 2.43. The first-order valence-corrected chi connectivity index (χ1v) is 11.5. The Labute approximate surface area is 208 Å². The number of hydrogen-bond donors (Lipinski definition) is 1. The molecule has 0 radical (unpaired) electrons. The first kappa shape index (κ1) is 22.7. The maximum atomic E-state index is 13.5. The molecule has 0 aromatic heterocycles. The van der Waals surface area contributed by atoms with Gasteiger partial charge in [0.15, 0.2) is 16.6 Å². The molecule has 2 amide bonds. The first-order valence-electron chi connectivity index (χ1n) is 11.1. The number of para-hydroxylation sites is 1. The van der Waals surface area contributed by atoms with Crippen LogP contribution >= 0.6 is 12.2 Å². The van der Waals surface area contributed by atoms with Gasteiger partial charge in [0, 0.05) is 12.2 Å². The highest BCUT2D eigenvalue weighted by Crippen LogP contribution is 2.34. The topological polar surface area (TPSA) is 80.3 Å². The van der Waals surface area contributed by atoms with Crippen molar-refractivity contribution in [2.45, 2.75) is 19.0 Å². The van der Waals surface area contributed by atoms with Crippen molar-refractivity contribution >= 4 is 40.5 Å². The largest absolute Gasteiger partial charge is 0.497 e. The maximum Gasteiger partial charge on any atom is 0.257 e. The smallest absolute Gasteiger partial charge is 0.257 e. The van der Waals surface area contributed by atoms with Gasteiger partial charge in [0.25, 0.3) is 5.91 Å². The Morgan fingerprint density at radius 1 is 1.06 bits per heavy atom. The highest BCUT2D eigenvalue weighted by molar-refractivity contribution is 7.80. The van der Waals surface area contributed by atoms with Crippen LogP contribution < -0.4 is 24.4 Å². The summed E-state index contributed by atoms with van der Waals surface area (Å²) in [6.45, 7) is 0.471. The summed E-state index contributed by atoms with van der Waals surface area (Å²) < 4.78 is 16.1. The van der Waals surface area contributed by atoms with Crippen LogP contribution in [-0.2, 0) is 16.1 Å². The van der Waals surface area contributed by atoms with E-state index in [1.807, 2.05) is 48.5 Å². The average Bonchev–Trinajstić information content (AvgIpc) is 3.46. The van der Waals surface area contributed by atoms with Crippen LogP contribution in [0.3, 0.4) is 0 Å². The van der Waals surface area contributed by atoms with Gasteiger partial charge in [-0.15, -0.1) is 0 Å². The Morgan fingerprint density at radius 2 is 1.80 bits per heavy atom. The average molecular weight is 490 g/mol. The number of nitrogens with one attached hydrogen (secondary N) is 1. The number of benzene rings is 3. The Bertz CT molecular complexity index is 1270. The number of nitrogens with zero attached hydrogens (tertiary/aromatic N) is 2. The Balaban J connectivity index is 1.43. The lowest BCUT2D eigenvalue weighted by Gasteiger charge is -2.30. The number of thiocarbonyl (C=S) groups is 1. The summed E-state index contributed by atoms with van der Waals surface area (Å²) in [5, 5.41) is 3.54. The fourth-order valence-corrected chi connectivity index (χ4v) is 4.45. The Hall–Kier alpha value is -4.11. The first-order chi connectivity index (χ1) is 17.0. The SMILES string of the molecule is COc1ccc(N2C(=O)CC(N(Cc3ccc4c(c3)OCO4)C(=S)Nc3ccccc3)C2=O)cc1. The van der Waals surface area contributed by atoms with E-state index in [1.165, 1.54) is 4.90 Å². The molecule has 1 unspecified atom stereocenters. The molecule has 0 spiro atoms. The number of carbonyl (C=O) groups is 2. The van der Waals surface area contributed by atoms with E-state index in [2.05, 4.69) is 5.32 Å². The molecule has 2 heterocycles. The molecule has 35 heavy (non-hydrogen) atoms. The van der Waals surface area contributed by atoms with Crippen LogP contribution in [0.1, 0.15) is 12.0 Å². The fraction of sp³-hybridized carbons (Fsp3) is 0.192.